The van der Waals surface area contributed by atoms with Crippen molar-refractivity contribution in [3.63, 3.8) is 0 Å². The predicted octanol–water partition coefficient (Wildman–Crippen LogP) is 8.40. The molecule has 5 fully saturated rings. The monoisotopic (exact) mass is 690 g/mol. The summed E-state index contributed by atoms with van der Waals surface area (Å²) in [6.45, 7) is 17.8. The van der Waals surface area contributed by atoms with Crippen molar-refractivity contribution in [3.8, 4) is 11.5 Å². The van der Waals surface area contributed by atoms with Gasteiger partial charge in [0.2, 0.25) is 0 Å². The molecule has 8 heteroatoms. The van der Waals surface area contributed by atoms with E-state index in [0.717, 1.165) is 63.4 Å². The molecular formula is C42H58O8. The molecule has 0 aliphatic heterocycles. The van der Waals surface area contributed by atoms with Gasteiger partial charge in [-0.15, -0.1) is 0 Å². The van der Waals surface area contributed by atoms with Crippen LogP contribution in [0.4, 0.5) is 0 Å². The van der Waals surface area contributed by atoms with Crippen molar-refractivity contribution in [3.05, 3.63) is 42.0 Å². The smallest absolute Gasteiger partial charge is 0.330 e. The third-order valence-corrected chi connectivity index (χ3v) is 15.4. The molecule has 8 nitrogen and oxygen atoms in total. The number of hydrogen-bond acceptors (Lipinski definition) is 8. The fraction of sp³-hybridized carbons (Fsp3) is 0.690. The van der Waals surface area contributed by atoms with Crippen molar-refractivity contribution < 1.29 is 38.8 Å². The lowest BCUT2D eigenvalue weighted by molar-refractivity contribution is -0.265. The Bertz CT molecular complexity index is 1580. The first-order valence-electron chi connectivity index (χ1n) is 18.7. The Balaban J connectivity index is 1.39. The van der Waals surface area contributed by atoms with Gasteiger partial charge in [-0.2, -0.15) is 0 Å². The molecule has 10 atom stereocenters. The minimum absolute atomic E-state index is 0.0101. The molecule has 0 saturated heterocycles. The van der Waals surface area contributed by atoms with Crippen LogP contribution in [0, 0.1) is 56.7 Å². The Kier molecular flexibility index (Phi) is 9.30. The van der Waals surface area contributed by atoms with Gasteiger partial charge in [0.25, 0.3) is 0 Å². The number of phenolic OH excluding ortho intramolecular Hbond substituents is 2. The molecule has 0 heterocycles. The molecule has 274 valence electrons. The van der Waals surface area contributed by atoms with Gasteiger partial charge in [0.05, 0.1) is 19.1 Å². The lowest BCUT2D eigenvalue weighted by Gasteiger charge is -2.73. The largest absolute Gasteiger partial charge is 0.504 e. The molecule has 6 rings (SSSR count). The van der Waals surface area contributed by atoms with Crippen molar-refractivity contribution in [2.24, 2.45) is 56.7 Å². The second-order valence-electron chi connectivity index (χ2n) is 17.7. The fourth-order valence-electron chi connectivity index (χ4n) is 13.3. The SMILES string of the molecule is C=C(C)[C@@H]1CC[C@]2(C(=O)OC)CC[C@]3(COC(=O)/C=C/c4ccc(O)c(O)c4)[C@H](CC[C@@H]4[C@@]5(C)CC[C@@H](OC(C)=O)C(C)(C)[C@@H]5CC[C@]43C)[C@@H]12. The maximum atomic E-state index is 13.8. The third-order valence-electron chi connectivity index (χ3n) is 15.4. The predicted molar refractivity (Wildman–Crippen MR) is 191 cm³/mol. The number of ether oxygens (including phenoxy) is 3. The lowest BCUT2D eigenvalue weighted by atomic mass is 9.32. The number of allylic oxidation sites excluding steroid dienone is 1. The summed E-state index contributed by atoms with van der Waals surface area (Å²) >= 11 is 0. The molecule has 0 radical (unpaired) electrons. The Labute approximate surface area is 298 Å². The molecule has 1 aromatic carbocycles. The van der Waals surface area contributed by atoms with Crippen LogP contribution in [0.3, 0.4) is 0 Å². The summed E-state index contributed by atoms with van der Waals surface area (Å²) in [7, 11) is 1.51. The van der Waals surface area contributed by atoms with Crippen molar-refractivity contribution in [1.82, 2.24) is 0 Å². The molecule has 1 aromatic rings. The second-order valence-corrected chi connectivity index (χ2v) is 17.7. The topological polar surface area (TPSA) is 119 Å². The second kappa shape index (κ2) is 12.7. The maximum absolute atomic E-state index is 13.8. The number of fused-ring (bicyclic) bond motifs is 7. The Morgan fingerprint density at radius 1 is 0.900 bits per heavy atom. The molecule has 2 N–H and O–H groups in total. The Morgan fingerprint density at radius 2 is 1.64 bits per heavy atom. The number of aromatic hydroxyl groups is 2. The molecule has 5 saturated carbocycles. The molecule has 0 spiro atoms. The molecule has 5 aliphatic rings. The van der Waals surface area contributed by atoms with Crippen LogP contribution in [0.25, 0.3) is 6.08 Å². The summed E-state index contributed by atoms with van der Waals surface area (Å²) in [5.41, 5.74) is 0.438. The van der Waals surface area contributed by atoms with Crippen molar-refractivity contribution in [2.45, 2.75) is 112 Å². The molecule has 0 amide bonds. The average molecular weight is 691 g/mol. The highest BCUT2D eigenvalue weighted by Crippen LogP contribution is 2.78. The van der Waals surface area contributed by atoms with Gasteiger partial charge >= 0.3 is 17.9 Å². The lowest BCUT2D eigenvalue weighted by Crippen LogP contribution is -2.69. The first-order chi connectivity index (χ1) is 23.5. The number of carbonyl (C=O) groups excluding carboxylic acids is 3. The van der Waals surface area contributed by atoms with E-state index >= 15 is 0 Å². The quantitative estimate of drug-likeness (QED) is 0.0963. The van der Waals surface area contributed by atoms with Gasteiger partial charge < -0.3 is 24.4 Å². The minimum atomic E-state index is -0.564. The number of hydrogen-bond donors (Lipinski definition) is 2. The van der Waals surface area contributed by atoms with Crippen LogP contribution in [0.5, 0.6) is 11.5 Å². The summed E-state index contributed by atoms with van der Waals surface area (Å²) < 4.78 is 17.8. The Hall–Kier alpha value is -3.29. The third kappa shape index (κ3) is 5.41. The van der Waals surface area contributed by atoms with Crippen LogP contribution in [0.15, 0.2) is 36.4 Å². The number of esters is 3. The van der Waals surface area contributed by atoms with Crippen molar-refractivity contribution >= 4 is 24.0 Å². The maximum Gasteiger partial charge on any atom is 0.330 e. The number of carbonyl (C=O) groups is 3. The number of phenols is 2. The van der Waals surface area contributed by atoms with Gasteiger partial charge in [0.15, 0.2) is 11.5 Å². The zero-order chi connectivity index (χ0) is 36.4. The van der Waals surface area contributed by atoms with Crippen LogP contribution >= 0.6 is 0 Å². The van der Waals surface area contributed by atoms with E-state index in [0.29, 0.717) is 23.8 Å². The summed E-state index contributed by atoms with van der Waals surface area (Å²) in [6.07, 6.45) is 11.8. The van der Waals surface area contributed by atoms with Gasteiger partial charge in [-0.05, 0) is 135 Å². The van der Waals surface area contributed by atoms with E-state index in [4.69, 9.17) is 14.2 Å². The number of benzene rings is 1. The Morgan fingerprint density at radius 3 is 2.30 bits per heavy atom. The van der Waals surface area contributed by atoms with E-state index in [9.17, 15) is 24.6 Å². The van der Waals surface area contributed by atoms with E-state index in [-0.39, 0.29) is 75.6 Å². The average Bonchev–Trinajstić information content (AvgIpc) is 3.46. The van der Waals surface area contributed by atoms with Crippen LogP contribution in [-0.4, -0.2) is 47.9 Å². The first kappa shape index (κ1) is 36.5. The van der Waals surface area contributed by atoms with Crippen LogP contribution in [0.2, 0.25) is 0 Å². The van der Waals surface area contributed by atoms with E-state index in [2.05, 4.69) is 41.2 Å². The minimum Gasteiger partial charge on any atom is -0.504 e. The highest BCUT2D eigenvalue weighted by Gasteiger charge is 2.74. The highest BCUT2D eigenvalue weighted by molar-refractivity contribution is 5.87. The number of rotatable bonds is 7. The van der Waals surface area contributed by atoms with Crippen molar-refractivity contribution in [1.29, 1.82) is 0 Å². The van der Waals surface area contributed by atoms with Gasteiger partial charge in [-0.1, -0.05) is 45.9 Å². The molecule has 5 aliphatic carbocycles. The van der Waals surface area contributed by atoms with E-state index in [1.54, 1.807) is 12.1 Å². The van der Waals surface area contributed by atoms with Crippen LogP contribution in [-0.2, 0) is 28.6 Å². The van der Waals surface area contributed by atoms with Gasteiger partial charge in [0, 0.05) is 23.8 Å². The fourth-order valence-corrected chi connectivity index (χ4v) is 13.3. The molecule has 50 heavy (non-hydrogen) atoms. The molecule has 0 unspecified atom stereocenters. The zero-order valence-corrected chi connectivity index (χ0v) is 31.2. The molecule has 0 bridgehead atoms. The summed E-state index contributed by atoms with van der Waals surface area (Å²) in [5, 5.41) is 19.7. The van der Waals surface area contributed by atoms with Crippen molar-refractivity contribution in [2.75, 3.05) is 13.7 Å². The van der Waals surface area contributed by atoms with Gasteiger partial charge in [0.1, 0.15) is 6.10 Å². The summed E-state index contributed by atoms with van der Waals surface area (Å²) in [6, 6.07) is 4.42. The summed E-state index contributed by atoms with van der Waals surface area (Å²) in [4.78, 5) is 39.5. The zero-order valence-electron chi connectivity index (χ0n) is 31.2. The van der Waals surface area contributed by atoms with Crippen LogP contribution < -0.4 is 0 Å². The van der Waals surface area contributed by atoms with E-state index in [1.165, 1.54) is 32.2 Å². The normalized spacial score (nSPS) is 40.1. The van der Waals surface area contributed by atoms with Gasteiger partial charge in [-0.25, -0.2) is 4.79 Å². The van der Waals surface area contributed by atoms with E-state index < -0.39 is 11.4 Å². The summed E-state index contributed by atoms with van der Waals surface area (Å²) in [5.74, 6) is -0.0955. The first-order valence-corrected chi connectivity index (χ1v) is 18.7. The number of methoxy groups -OCH3 is 1. The molecule has 0 aromatic heterocycles. The van der Waals surface area contributed by atoms with E-state index in [1.807, 2.05) is 0 Å². The van der Waals surface area contributed by atoms with Crippen LogP contribution in [0.1, 0.15) is 111 Å². The highest BCUT2D eigenvalue weighted by atomic mass is 16.5. The molecular weight excluding hydrogens is 632 g/mol. The van der Waals surface area contributed by atoms with Gasteiger partial charge in [-0.3, -0.25) is 9.59 Å². The standard InChI is InChI=1S/C42H58O8/c1-25(2)28-15-20-41(37(47)48-8)21-22-42(24-49-35(46)14-10-27-9-12-30(44)31(45)23-27)29(36(28)41)11-13-33-39(6)18-17-34(50-26(3)43)38(4,5)32(39)16-19-40(33,42)7/h9-10,12,14,23,28-29,32-34,36,44-45H,1,11,13,15-22,24H2,2-8H3/b14-10+/t28-,29+,32-,33+,34+,36+,39-,40+,41-,42-/m0/s1.